The van der Waals surface area contributed by atoms with Gasteiger partial charge in [0.25, 0.3) is 0 Å². The van der Waals surface area contributed by atoms with E-state index in [1.807, 2.05) is 12.1 Å². The quantitative estimate of drug-likeness (QED) is 0.459. The molecule has 0 aliphatic rings. The fourth-order valence-corrected chi connectivity index (χ4v) is 4.63. The van der Waals surface area contributed by atoms with E-state index in [-0.39, 0.29) is 17.0 Å². The summed E-state index contributed by atoms with van der Waals surface area (Å²) >= 11 is 10.4. The summed E-state index contributed by atoms with van der Waals surface area (Å²) in [7, 11) is 0. The molecule has 0 unspecified atom stereocenters. The summed E-state index contributed by atoms with van der Waals surface area (Å²) in [6, 6.07) is 11.6. The molecule has 0 radical (unpaired) electrons. The van der Waals surface area contributed by atoms with E-state index in [0.717, 1.165) is 11.1 Å². The molecular weight excluding hydrogens is 470 g/mol. The number of rotatable bonds is 5. The molecule has 0 aromatic heterocycles. The zero-order valence-electron chi connectivity index (χ0n) is 11.1. The summed E-state index contributed by atoms with van der Waals surface area (Å²) in [4.78, 5) is 0. The zero-order chi connectivity index (χ0) is 15.5. The Hall–Kier alpha value is -0.260. The first-order chi connectivity index (χ1) is 10.0. The molecule has 0 saturated carbocycles. The van der Waals surface area contributed by atoms with Crippen molar-refractivity contribution in [3.63, 3.8) is 0 Å². The van der Waals surface area contributed by atoms with E-state index in [1.54, 1.807) is 12.1 Å². The van der Waals surface area contributed by atoms with Gasteiger partial charge in [0.15, 0.2) is 0 Å². The second kappa shape index (κ2) is 7.34. The molecule has 0 heterocycles. The molecule has 0 aliphatic carbocycles. The highest BCUT2D eigenvalue weighted by atomic mass is 79.9. The van der Waals surface area contributed by atoms with Gasteiger partial charge in [-0.15, -0.1) is 0 Å². The molecule has 0 N–H and O–H groups in total. The Morgan fingerprint density at radius 3 is 2.24 bits per heavy atom. The molecule has 5 heteroatoms. The minimum atomic E-state index is -0.349. The van der Waals surface area contributed by atoms with Gasteiger partial charge >= 0.3 is 0 Å². The Labute approximate surface area is 148 Å². The number of hydrogen-bond donors (Lipinski definition) is 0. The molecular formula is C16H13Br3F2. The fraction of sp³-hybridized carbons (Fsp3) is 0.250. The van der Waals surface area contributed by atoms with Gasteiger partial charge in [0.1, 0.15) is 11.6 Å². The van der Waals surface area contributed by atoms with Crippen LogP contribution in [0.3, 0.4) is 0 Å². The van der Waals surface area contributed by atoms with Gasteiger partial charge in [-0.25, -0.2) is 8.78 Å². The molecule has 112 valence electrons. The van der Waals surface area contributed by atoms with Crippen LogP contribution >= 0.6 is 47.8 Å². The summed E-state index contributed by atoms with van der Waals surface area (Å²) in [5, 5.41) is 1.27. The largest absolute Gasteiger partial charge is 0.207 e. The lowest BCUT2D eigenvalue weighted by Gasteiger charge is -2.31. The topological polar surface area (TPSA) is 0 Å². The molecule has 21 heavy (non-hydrogen) atoms. The van der Waals surface area contributed by atoms with Gasteiger partial charge in [-0.05, 0) is 51.7 Å². The highest BCUT2D eigenvalue weighted by Crippen LogP contribution is 2.35. The Bertz CT molecular complexity index is 625. The van der Waals surface area contributed by atoms with E-state index in [2.05, 4.69) is 47.8 Å². The molecule has 0 amide bonds. The third-order valence-electron chi connectivity index (χ3n) is 3.51. The summed E-state index contributed by atoms with van der Waals surface area (Å²) in [6.45, 7) is 0. The fourth-order valence-electron chi connectivity index (χ4n) is 2.25. The maximum atomic E-state index is 13.7. The number of hydrogen-bond acceptors (Lipinski definition) is 0. The Balaban J connectivity index is 2.45. The minimum Gasteiger partial charge on any atom is -0.207 e. The van der Waals surface area contributed by atoms with Crippen LogP contribution < -0.4 is 0 Å². The van der Waals surface area contributed by atoms with Crippen LogP contribution in [0, 0.1) is 11.6 Å². The first kappa shape index (κ1) is 17.1. The van der Waals surface area contributed by atoms with Crippen molar-refractivity contribution in [2.75, 3.05) is 10.7 Å². The first-order valence-corrected chi connectivity index (χ1v) is 9.37. The van der Waals surface area contributed by atoms with E-state index < -0.39 is 0 Å². The van der Waals surface area contributed by atoms with Gasteiger partial charge < -0.3 is 0 Å². The molecule has 0 saturated heterocycles. The van der Waals surface area contributed by atoms with Crippen molar-refractivity contribution >= 4 is 47.8 Å². The lowest BCUT2D eigenvalue weighted by Crippen LogP contribution is -2.33. The molecule has 2 rings (SSSR count). The third kappa shape index (κ3) is 3.74. The normalized spacial score (nSPS) is 11.7. The third-order valence-corrected chi connectivity index (χ3v) is 6.54. The average molecular weight is 483 g/mol. The van der Waals surface area contributed by atoms with Crippen LogP contribution in [0.15, 0.2) is 46.9 Å². The van der Waals surface area contributed by atoms with Crippen molar-refractivity contribution in [3.05, 3.63) is 69.7 Å². The van der Waals surface area contributed by atoms with Gasteiger partial charge in [0, 0.05) is 16.1 Å². The summed E-state index contributed by atoms with van der Waals surface area (Å²) in [6.07, 6.45) is 0.589. The van der Waals surface area contributed by atoms with Crippen molar-refractivity contribution in [2.24, 2.45) is 0 Å². The lowest BCUT2D eigenvalue weighted by atomic mass is 9.79. The van der Waals surface area contributed by atoms with Crippen molar-refractivity contribution in [1.82, 2.24) is 0 Å². The minimum absolute atomic E-state index is 0.267. The molecule has 0 nitrogen and oxygen atoms in total. The summed E-state index contributed by atoms with van der Waals surface area (Å²) < 4.78 is 27.7. The van der Waals surface area contributed by atoms with Crippen LogP contribution in [-0.4, -0.2) is 10.7 Å². The molecule has 0 aliphatic heterocycles. The molecule has 0 bridgehead atoms. The molecule has 2 aromatic rings. The Morgan fingerprint density at radius 1 is 0.952 bits per heavy atom. The summed E-state index contributed by atoms with van der Waals surface area (Å²) in [5.74, 6) is -0.554. The van der Waals surface area contributed by atoms with Gasteiger partial charge in [0.05, 0.1) is 4.47 Å². The van der Waals surface area contributed by atoms with E-state index >= 15 is 0 Å². The lowest BCUT2D eigenvalue weighted by molar-refractivity contribution is 0.536. The number of alkyl halides is 2. The van der Waals surface area contributed by atoms with Gasteiger partial charge in [-0.1, -0.05) is 56.1 Å². The van der Waals surface area contributed by atoms with Crippen LogP contribution in [0.4, 0.5) is 8.78 Å². The highest BCUT2D eigenvalue weighted by Gasteiger charge is 2.31. The van der Waals surface area contributed by atoms with E-state index in [4.69, 9.17) is 0 Å². The van der Waals surface area contributed by atoms with Crippen molar-refractivity contribution in [2.45, 2.75) is 11.8 Å². The number of benzene rings is 2. The predicted octanol–water partition coefficient (Wildman–Crippen LogP) is 6.00. The summed E-state index contributed by atoms with van der Waals surface area (Å²) in [5.41, 5.74) is 1.39. The second-order valence-corrected chi connectivity index (χ2v) is 6.86. The maximum absolute atomic E-state index is 13.7. The standard InChI is InChI=1S/C16H13Br3F2/c17-9-16(10-18,12-4-2-5-13(20)7-12)8-11-3-1-6-14(21)15(11)19/h1-7H,8-10H2. The predicted molar refractivity (Wildman–Crippen MR) is 93.5 cm³/mol. The zero-order valence-corrected chi connectivity index (χ0v) is 15.8. The van der Waals surface area contributed by atoms with Crippen LogP contribution in [0.2, 0.25) is 0 Å². The van der Waals surface area contributed by atoms with Gasteiger partial charge in [-0.2, -0.15) is 0 Å². The van der Waals surface area contributed by atoms with Crippen molar-refractivity contribution < 1.29 is 8.78 Å². The smallest absolute Gasteiger partial charge is 0.137 e. The van der Waals surface area contributed by atoms with Crippen LogP contribution in [0.1, 0.15) is 11.1 Å². The van der Waals surface area contributed by atoms with Crippen molar-refractivity contribution in [3.8, 4) is 0 Å². The maximum Gasteiger partial charge on any atom is 0.137 e. The Kier molecular flexibility index (Phi) is 5.97. The van der Waals surface area contributed by atoms with Crippen LogP contribution in [0.5, 0.6) is 0 Å². The number of halogens is 5. The average Bonchev–Trinajstić information content (AvgIpc) is 2.49. The van der Waals surface area contributed by atoms with E-state index in [9.17, 15) is 8.78 Å². The molecule has 0 atom stereocenters. The van der Waals surface area contributed by atoms with E-state index in [0.29, 0.717) is 21.6 Å². The van der Waals surface area contributed by atoms with Crippen LogP contribution in [-0.2, 0) is 11.8 Å². The highest BCUT2D eigenvalue weighted by molar-refractivity contribution is 9.10. The Morgan fingerprint density at radius 2 is 1.62 bits per heavy atom. The monoisotopic (exact) mass is 480 g/mol. The molecule has 0 spiro atoms. The van der Waals surface area contributed by atoms with Gasteiger partial charge in [0.2, 0.25) is 0 Å². The first-order valence-electron chi connectivity index (χ1n) is 6.33. The second-order valence-electron chi connectivity index (χ2n) is 4.95. The van der Waals surface area contributed by atoms with E-state index in [1.165, 1.54) is 18.2 Å². The molecule has 0 fully saturated rings. The van der Waals surface area contributed by atoms with Crippen LogP contribution in [0.25, 0.3) is 0 Å². The SMILES string of the molecule is Fc1cccc(C(CBr)(CBr)Cc2cccc(F)c2Br)c1. The van der Waals surface area contributed by atoms with Gasteiger partial charge in [-0.3, -0.25) is 0 Å². The molecule has 2 aromatic carbocycles. The van der Waals surface area contributed by atoms with Crippen molar-refractivity contribution in [1.29, 1.82) is 0 Å².